The molecule has 29 heavy (non-hydrogen) atoms. The van der Waals surface area contributed by atoms with Gasteiger partial charge in [0, 0.05) is 11.5 Å². The molecule has 0 aliphatic carbocycles. The van der Waals surface area contributed by atoms with Crippen LogP contribution in [-0.2, 0) is 0 Å². The van der Waals surface area contributed by atoms with E-state index in [4.69, 9.17) is 6.36 Å². The third kappa shape index (κ3) is 5.16. The first-order valence-corrected chi connectivity index (χ1v) is 10.9. The summed E-state index contributed by atoms with van der Waals surface area (Å²) in [4.78, 5) is 4.74. The zero-order chi connectivity index (χ0) is 20.6. The smallest absolute Gasteiger partial charge is 0.0637 e. The monoisotopic (exact) mass is 392 g/mol. The number of nitrogens with zero attached hydrogens (tertiary/aromatic N) is 1. The molecule has 140 valence electrons. The van der Waals surface area contributed by atoms with E-state index >= 15 is 0 Å². The molecule has 0 heterocycles. The minimum Gasteiger partial charge on any atom is -0.256 e. The zero-order valence-corrected chi connectivity index (χ0v) is 16.9. The SMILES string of the molecule is [2H]/C(=C(/C=Nc1ccccc1)P(c1ccccc1)c1ccccc1)c1ccccc1. The molecule has 2 heteroatoms. The largest absolute Gasteiger partial charge is 0.256 e. The second-order valence-electron chi connectivity index (χ2n) is 6.48. The molecule has 0 aromatic heterocycles. The molecule has 0 N–H and O–H groups in total. The maximum Gasteiger partial charge on any atom is 0.0637 e. The number of benzene rings is 4. The van der Waals surface area contributed by atoms with Crippen molar-refractivity contribution in [3.05, 3.63) is 132 Å². The third-order valence-corrected chi connectivity index (χ3v) is 6.75. The second-order valence-corrected chi connectivity index (χ2v) is 8.66. The van der Waals surface area contributed by atoms with Crippen LogP contribution < -0.4 is 10.6 Å². The van der Waals surface area contributed by atoms with E-state index in [1.54, 1.807) is 0 Å². The molecule has 0 radical (unpaired) electrons. The molecule has 0 saturated heterocycles. The van der Waals surface area contributed by atoms with E-state index in [2.05, 4.69) is 48.5 Å². The summed E-state index contributed by atoms with van der Waals surface area (Å²) in [6, 6.07) is 41.2. The summed E-state index contributed by atoms with van der Waals surface area (Å²) in [5, 5.41) is 3.33. The average molecular weight is 392 g/mol. The van der Waals surface area contributed by atoms with Gasteiger partial charge in [-0.1, -0.05) is 109 Å². The van der Waals surface area contributed by atoms with Crippen molar-refractivity contribution in [2.45, 2.75) is 0 Å². The number of hydrogen-bond donors (Lipinski definition) is 0. The van der Waals surface area contributed by atoms with Crippen LogP contribution in [0, 0.1) is 0 Å². The second kappa shape index (κ2) is 9.78. The van der Waals surface area contributed by atoms with Crippen molar-refractivity contribution in [3.63, 3.8) is 0 Å². The Labute approximate surface area is 175 Å². The van der Waals surface area contributed by atoms with Crippen LogP contribution in [0.1, 0.15) is 6.93 Å². The van der Waals surface area contributed by atoms with Gasteiger partial charge in [0.2, 0.25) is 0 Å². The minimum atomic E-state index is -0.931. The maximum atomic E-state index is 9.07. The fraction of sp³-hybridized carbons (Fsp3) is 0. The molecule has 1 nitrogen and oxygen atoms in total. The molecule has 0 amide bonds. The highest BCUT2D eigenvalue weighted by molar-refractivity contribution is 7.77. The van der Waals surface area contributed by atoms with E-state index in [-0.39, 0.29) is 0 Å². The normalized spacial score (nSPS) is 12.7. The number of para-hydroxylation sites is 1. The Kier molecular flexibility index (Phi) is 6.00. The first kappa shape index (κ1) is 17.8. The van der Waals surface area contributed by atoms with Crippen molar-refractivity contribution in [2.75, 3.05) is 0 Å². The highest BCUT2D eigenvalue weighted by atomic mass is 31.1. The summed E-state index contributed by atoms with van der Waals surface area (Å²) in [6.45, 7) is 0. The summed E-state index contributed by atoms with van der Waals surface area (Å²) in [7, 11) is -0.931. The molecule has 4 aromatic rings. The lowest BCUT2D eigenvalue weighted by Crippen LogP contribution is -2.13. The molecule has 0 spiro atoms. The first-order valence-electron chi connectivity index (χ1n) is 10.1. The summed E-state index contributed by atoms with van der Waals surface area (Å²) in [5.41, 5.74) is 1.78. The molecule has 0 unspecified atom stereocenters. The number of allylic oxidation sites excluding steroid dienone is 1. The van der Waals surface area contributed by atoms with E-state index in [0.29, 0.717) is 6.05 Å². The predicted molar refractivity (Wildman–Crippen MR) is 128 cm³/mol. The minimum absolute atomic E-state index is 0.508. The van der Waals surface area contributed by atoms with E-state index in [1.165, 1.54) is 10.6 Å². The van der Waals surface area contributed by atoms with Gasteiger partial charge < -0.3 is 0 Å². The number of hydrogen-bond acceptors (Lipinski definition) is 1. The Morgan fingerprint density at radius 3 is 1.59 bits per heavy atom. The Bertz CT molecular complexity index is 1090. The van der Waals surface area contributed by atoms with Crippen molar-refractivity contribution in [1.29, 1.82) is 0 Å². The van der Waals surface area contributed by atoms with Gasteiger partial charge in [-0.2, -0.15) is 0 Å². The van der Waals surface area contributed by atoms with E-state index in [1.807, 2.05) is 79.0 Å². The highest BCUT2D eigenvalue weighted by Gasteiger charge is 2.17. The van der Waals surface area contributed by atoms with Crippen molar-refractivity contribution < 1.29 is 1.37 Å². The Morgan fingerprint density at radius 1 is 0.621 bits per heavy atom. The summed E-state index contributed by atoms with van der Waals surface area (Å²) >= 11 is 0. The predicted octanol–water partition coefficient (Wildman–Crippen LogP) is 6.56. The van der Waals surface area contributed by atoms with Crippen LogP contribution in [0.5, 0.6) is 0 Å². The van der Waals surface area contributed by atoms with Gasteiger partial charge in [-0.3, -0.25) is 4.99 Å². The van der Waals surface area contributed by atoms with Crippen LogP contribution >= 0.6 is 7.92 Å². The van der Waals surface area contributed by atoms with Crippen LogP contribution in [0.25, 0.3) is 6.05 Å². The van der Waals surface area contributed by atoms with Gasteiger partial charge >= 0.3 is 0 Å². The first-order chi connectivity index (χ1) is 14.8. The van der Waals surface area contributed by atoms with Crippen molar-refractivity contribution in [1.82, 2.24) is 0 Å². The topological polar surface area (TPSA) is 12.4 Å². The van der Waals surface area contributed by atoms with Gasteiger partial charge in [0.1, 0.15) is 0 Å². The standard InChI is InChI=1S/C27H22NP/c1-5-13-23(14-6-1)21-27(22-28-24-15-7-2-8-16-24)29(25-17-9-3-10-18-25)26-19-11-4-12-20-26/h1-22H/b27-21+,28-22?/i21D. The molecule has 0 atom stereocenters. The van der Waals surface area contributed by atoms with Crippen molar-refractivity contribution >= 4 is 36.5 Å². The highest BCUT2D eigenvalue weighted by Crippen LogP contribution is 2.43. The Hall–Kier alpha value is -3.28. The van der Waals surface area contributed by atoms with Gasteiger partial charge in [0.25, 0.3) is 0 Å². The quantitative estimate of drug-likeness (QED) is 0.260. The molecular weight excluding hydrogens is 369 g/mol. The van der Waals surface area contributed by atoms with Crippen LogP contribution in [-0.4, -0.2) is 6.21 Å². The van der Waals surface area contributed by atoms with Crippen LogP contribution in [0.4, 0.5) is 5.69 Å². The average Bonchev–Trinajstić information content (AvgIpc) is 2.83. The van der Waals surface area contributed by atoms with E-state index in [0.717, 1.165) is 16.6 Å². The lowest BCUT2D eigenvalue weighted by atomic mass is 10.2. The molecule has 0 saturated carbocycles. The van der Waals surface area contributed by atoms with E-state index in [9.17, 15) is 0 Å². The lowest BCUT2D eigenvalue weighted by Gasteiger charge is -2.20. The lowest BCUT2D eigenvalue weighted by molar-refractivity contribution is 1.54. The molecular formula is C27H22NP. The van der Waals surface area contributed by atoms with Gasteiger partial charge in [-0.15, -0.1) is 0 Å². The fourth-order valence-electron chi connectivity index (χ4n) is 3.05. The molecule has 4 rings (SSSR count). The maximum absolute atomic E-state index is 9.07. The summed E-state index contributed by atoms with van der Waals surface area (Å²) in [5.74, 6) is 0. The number of rotatable bonds is 6. The van der Waals surface area contributed by atoms with Gasteiger partial charge in [0.15, 0.2) is 0 Å². The molecule has 0 fully saturated rings. The van der Waals surface area contributed by atoms with Gasteiger partial charge in [-0.25, -0.2) is 0 Å². The van der Waals surface area contributed by atoms with Crippen molar-refractivity contribution in [3.8, 4) is 0 Å². The Morgan fingerprint density at radius 2 is 1.07 bits per heavy atom. The Balaban J connectivity index is 1.91. The summed E-state index contributed by atoms with van der Waals surface area (Å²) in [6.07, 6.45) is 1.89. The zero-order valence-electron chi connectivity index (χ0n) is 17.0. The number of aliphatic imine (C=N–C) groups is 1. The van der Waals surface area contributed by atoms with Crippen LogP contribution in [0.3, 0.4) is 0 Å². The van der Waals surface area contributed by atoms with Crippen LogP contribution in [0.2, 0.25) is 0 Å². The molecule has 4 aromatic carbocycles. The van der Waals surface area contributed by atoms with Crippen LogP contribution in [0.15, 0.2) is 132 Å². The molecule has 0 bridgehead atoms. The van der Waals surface area contributed by atoms with Gasteiger partial charge in [-0.05, 0) is 42.3 Å². The van der Waals surface area contributed by atoms with E-state index < -0.39 is 7.92 Å². The fourth-order valence-corrected chi connectivity index (χ4v) is 5.26. The van der Waals surface area contributed by atoms with Gasteiger partial charge in [0.05, 0.1) is 7.06 Å². The summed E-state index contributed by atoms with van der Waals surface area (Å²) < 4.78 is 9.07. The molecule has 0 aliphatic rings. The van der Waals surface area contributed by atoms with Crippen molar-refractivity contribution in [2.24, 2.45) is 4.99 Å². The molecule has 0 aliphatic heterocycles. The third-order valence-electron chi connectivity index (χ3n) is 4.41.